The van der Waals surface area contributed by atoms with Gasteiger partial charge >= 0.3 is 0 Å². The van der Waals surface area contributed by atoms with Crippen molar-refractivity contribution in [1.29, 1.82) is 0 Å². The Morgan fingerprint density at radius 2 is 2.00 bits per heavy atom. The third kappa shape index (κ3) is 5.09. The second-order valence-electron chi connectivity index (χ2n) is 5.56. The van der Waals surface area contributed by atoms with Crippen LogP contribution in [0.2, 0.25) is 0 Å². The number of nitrogens with zero attached hydrogens (tertiary/aromatic N) is 4. The molecular weight excluding hydrogens is 311 g/mol. The molecule has 0 fully saturated rings. The number of aryl methyl sites for hydroxylation is 1. The molecule has 1 amide bonds. The lowest BCUT2D eigenvalue weighted by Gasteiger charge is -2.17. The summed E-state index contributed by atoms with van der Waals surface area (Å²) in [4.78, 5) is 12.6. The van der Waals surface area contributed by atoms with E-state index in [-0.39, 0.29) is 11.7 Å². The molecule has 0 aliphatic heterocycles. The summed E-state index contributed by atoms with van der Waals surface area (Å²) in [5.74, 6) is 0.0924. The van der Waals surface area contributed by atoms with E-state index in [0.29, 0.717) is 25.3 Å². The molecule has 2 N–H and O–H groups in total. The van der Waals surface area contributed by atoms with E-state index in [9.17, 15) is 9.18 Å². The fourth-order valence-electron chi connectivity index (χ4n) is 2.35. The Labute approximate surface area is 140 Å². The molecule has 2 rings (SSSR count). The van der Waals surface area contributed by atoms with Gasteiger partial charge in [-0.05, 0) is 48.0 Å². The lowest BCUT2D eigenvalue weighted by molar-refractivity contribution is -0.124. The fraction of sp³-hybridized carbons (Fsp3) is 0.500. The zero-order valence-corrected chi connectivity index (χ0v) is 14.0. The monoisotopic (exact) mass is 334 g/mol. The molecule has 1 atom stereocenters. The van der Waals surface area contributed by atoms with Crippen LogP contribution in [-0.2, 0) is 11.2 Å². The van der Waals surface area contributed by atoms with Crippen LogP contribution in [-0.4, -0.2) is 45.7 Å². The maximum absolute atomic E-state index is 13.1. The van der Waals surface area contributed by atoms with Crippen molar-refractivity contribution < 1.29 is 9.18 Å². The number of nitrogens with one attached hydrogen (secondary N) is 2. The zero-order valence-electron chi connectivity index (χ0n) is 14.0. The Kier molecular flexibility index (Phi) is 6.80. The zero-order chi connectivity index (χ0) is 17.4. The van der Waals surface area contributed by atoms with Gasteiger partial charge in [-0.2, -0.15) is 0 Å². The van der Waals surface area contributed by atoms with Gasteiger partial charge in [-0.3, -0.25) is 4.79 Å². The standard InChI is InChI=1S/C16H23FN6O/c1-3-8-18-9-10-19-16(24)15(23-12(2)20-21-22-23)11-13-4-6-14(17)7-5-13/h4-7,15,18H,3,8-11H2,1-2H3,(H,19,24). The quantitative estimate of drug-likeness (QED) is 0.669. The highest BCUT2D eigenvalue weighted by atomic mass is 19.1. The number of halogens is 1. The molecule has 1 aromatic heterocycles. The highest BCUT2D eigenvalue weighted by Gasteiger charge is 2.23. The third-order valence-electron chi connectivity index (χ3n) is 3.63. The SMILES string of the molecule is CCCNCCNC(=O)C(Cc1ccc(F)cc1)n1nnnc1C. The van der Waals surface area contributed by atoms with Crippen LogP contribution in [0.15, 0.2) is 24.3 Å². The van der Waals surface area contributed by atoms with Gasteiger partial charge in [0, 0.05) is 19.5 Å². The molecule has 0 spiro atoms. The number of hydrogen-bond acceptors (Lipinski definition) is 5. The van der Waals surface area contributed by atoms with Gasteiger partial charge in [0.05, 0.1) is 0 Å². The number of rotatable bonds is 9. The van der Waals surface area contributed by atoms with Gasteiger partial charge in [0.25, 0.3) is 0 Å². The van der Waals surface area contributed by atoms with Crippen LogP contribution >= 0.6 is 0 Å². The molecule has 7 nitrogen and oxygen atoms in total. The average Bonchev–Trinajstić information content (AvgIpc) is 2.99. The first kappa shape index (κ1) is 18.0. The van der Waals surface area contributed by atoms with Gasteiger partial charge < -0.3 is 10.6 Å². The second kappa shape index (κ2) is 9.07. The molecule has 0 bridgehead atoms. The van der Waals surface area contributed by atoms with E-state index in [1.54, 1.807) is 19.1 Å². The van der Waals surface area contributed by atoms with Crippen molar-refractivity contribution in [3.05, 3.63) is 41.5 Å². The molecule has 0 aliphatic carbocycles. The lowest BCUT2D eigenvalue weighted by atomic mass is 10.1. The molecule has 0 aliphatic rings. The van der Waals surface area contributed by atoms with E-state index in [2.05, 4.69) is 33.1 Å². The highest BCUT2D eigenvalue weighted by Crippen LogP contribution is 2.15. The molecule has 0 radical (unpaired) electrons. The van der Waals surface area contributed by atoms with E-state index in [0.717, 1.165) is 18.5 Å². The Morgan fingerprint density at radius 1 is 1.25 bits per heavy atom. The first-order valence-corrected chi connectivity index (χ1v) is 8.09. The van der Waals surface area contributed by atoms with E-state index in [4.69, 9.17) is 0 Å². The summed E-state index contributed by atoms with van der Waals surface area (Å²) in [6.07, 6.45) is 1.44. The Bertz CT molecular complexity index is 642. The predicted molar refractivity (Wildman–Crippen MR) is 87.9 cm³/mol. The van der Waals surface area contributed by atoms with Crippen LogP contribution < -0.4 is 10.6 Å². The predicted octanol–water partition coefficient (Wildman–Crippen LogP) is 1.02. The smallest absolute Gasteiger partial charge is 0.245 e. The Morgan fingerprint density at radius 3 is 2.62 bits per heavy atom. The largest absolute Gasteiger partial charge is 0.353 e. The van der Waals surface area contributed by atoms with Gasteiger partial charge in [0.2, 0.25) is 5.91 Å². The van der Waals surface area contributed by atoms with Gasteiger partial charge in [0.15, 0.2) is 0 Å². The van der Waals surface area contributed by atoms with Gasteiger partial charge in [0.1, 0.15) is 17.7 Å². The van der Waals surface area contributed by atoms with Crippen molar-refractivity contribution >= 4 is 5.91 Å². The summed E-state index contributed by atoms with van der Waals surface area (Å²) in [7, 11) is 0. The van der Waals surface area contributed by atoms with Gasteiger partial charge in [-0.25, -0.2) is 9.07 Å². The molecule has 1 unspecified atom stereocenters. The maximum atomic E-state index is 13.1. The van der Waals surface area contributed by atoms with E-state index >= 15 is 0 Å². The number of carbonyl (C=O) groups is 1. The molecule has 24 heavy (non-hydrogen) atoms. The van der Waals surface area contributed by atoms with Crippen molar-refractivity contribution in [1.82, 2.24) is 30.8 Å². The lowest BCUT2D eigenvalue weighted by Crippen LogP contribution is -2.38. The number of carbonyl (C=O) groups excluding carboxylic acids is 1. The van der Waals surface area contributed by atoms with Crippen molar-refractivity contribution in [2.24, 2.45) is 0 Å². The summed E-state index contributed by atoms with van der Waals surface area (Å²) in [6.45, 7) is 5.98. The average molecular weight is 334 g/mol. The summed E-state index contributed by atoms with van der Waals surface area (Å²) < 4.78 is 14.6. The molecule has 130 valence electrons. The maximum Gasteiger partial charge on any atom is 0.245 e. The van der Waals surface area contributed by atoms with Crippen molar-refractivity contribution in [2.75, 3.05) is 19.6 Å². The van der Waals surface area contributed by atoms with E-state index in [1.807, 2.05) is 0 Å². The van der Waals surface area contributed by atoms with Crippen molar-refractivity contribution in [3.8, 4) is 0 Å². The minimum Gasteiger partial charge on any atom is -0.353 e. The van der Waals surface area contributed by atoms with E-state index < -0.39 is 6.04 Å². The first-order valence-electron chi connectivity index (χ1n) is 8.09. The van der Waals surface area contributed by atoms with Crippen LogP contribution in [0.4, 0.5) is 4.39 Å². The minimum absolute atomic E-state index is 0.159. The summed E-state index contributed by atoms with van der Waals surface area (Å²) in [6, 6.07) is 5.52. The third-order valence-corrected chi connectivity index (χ3v) is 3.63. The van der Waals surface area contributed by atoms with Crippen LogP contribution in [0, 0.1) is 12.7 Å². The Hall–Kier alpha value is -2.35. The Balaban J connectivity index is 2.04. The van der Waals surface area contributed by atoms with Gasteiger partial charge in [-0.15, -0.1) is 5.10 Å². The molecule has 8 heteroatoms. The number of amides is 1. The molecule has 0 saturated heterocycles. The molecule has 1 heterocycles. The van der Waals surface area contributed by atoms with Crippen LogP contribution in [0.1, 0.15) is 30.8 Å². The molecule has 2 aromatic rings. The van der Waals surface area contributed by atoms with Crippen molar-refractivity contribution in [3.63, 3.8) is 0 Å². The molecular formula is C16H23FN6O. The van der Waals surface area contributed by atoms with E-state index in [1.165, 1.54) is 16.8 Å². The summed E-state index contributed by atoms with van der Waals surface area (Å²) in [5, 5.41) is 17.5. The molecule has 0 saturated carbocycles. The van der Waals surface area contributed by atoms with Crippen LogP contribution in [0.3, 0.4) is 0 Å². The first-order chi connectivity index (χ1) is 11.6. The van der Waals surface area contributed by atoms with Crippen LogP contribution in [0.5, 0.6) is 0 Å². The normalized spacial score (nSPS) is 12.1. The summed E-state index contributed by atoms with van der Waals surface area (Å²) >= 11 is 0. The van der Waals surface area contributed by atoms with Crippen LogP contribution in [0.25, 0.3) is 0 Å². The highest BCUT2D eigenvalue weighted by molar-refractivity contribution is 5.80. The second-order valence-corrected chi connectivity index (χ2v) is 5.56. The minimum atomic E-state index is -0.573. The number of benzene rings is 1. The number of hydrogen-bond donors (Lipinski definition) is 2. The number of tetrazole rings is 1. The fourth-order valence-corrected chi connectivity index (χ4v) is 2.35. The van der Waals surface area contributed by atoms with Crippen molar-refractivity contribution in [2.45, 2.75) is 32.7 Å². The number of aromatic nitrogens is 4. The van der Waals surface area contributed by atoms with Gasteiger partial charge in [-0.1, -0.05) is 19.1 Å². The summed E-state index contributed by atoms with van der Waals surface area (Å²) in [5.41, 5.74) is 0.843. The topological polar surface area (TPSA) is 84.7 Å². The molecule has 1 aromatic carbocycles.